The number of benzene rings is 1. The van der Waals surface area contributed by atoms with Crippen LogP contribution in [-0.4, -0.2) is 27.8 Å². The molecule has 3 N–H and O–H groups in total. The summed E-state index contributed by atoms with van der Waals surface area (Å²) in [4.78, 5) is 4.23. The van der Waals surface area contributed by atoms with Gasteiger partial charge in [-0.15, -0.1) is 34.2 Å². The number of nitrogens with one attached hydrogen (secondary N) is 1. The largest absolute Gasteiger partial charge is 0.495 e. The normalized spacial score (nSPS) is 11.0. The maximum Gasteiger partial charge on any atom is 0.193 e. The van der Waals surface area contributed by atoms with Crippen LogP contribution in [0, 0.1) is 0 Å². The van der Waals surface area contributed by atoms with Crippen LogP contribution in [0.2, 0.25) is 5.02 Å². The lowest BCUT2D eigenvalue weighted by atomic mass is 10.3. The van der Waals surface area contributed by atoms with Gasteiger partial charge in [-0.25, -0.2) is 4.99 Å². The van der Waals surface area contributed by atoms with Gasteiger partial charge in [-0.05, 0) is 25.1 Å². The van der Waals surface area contributed by atoms with Gasteiger partial charge >= 0.3 is 0 Å². The number of aromatic nitrogens is 3. The molecule has 0 saturated heterocycles. The van der Waals surface area contributed by atoms with E-state index >= 15 is 0 Å². The van der Waals surface area contributed by atoms with E-state index in [4.69, 9.17) is 22.1 Å². The predicted octanol–water partition coefficient (Wildman–Crippen LogP) is 2.50. The van der Waals surface area contributed by atoms with Gasteiger partial charge in [-0.3, -0.25) is 0 Å². The summed E-state index contributed by atoms with van der Waals surface area (Å²) in [5.74, 6) is 1.64. The average molecular weight is 437 g/mol. The first-order valence-corrected chi connectivity index (χ1v) is 6.79. The number of hydrogen-bond donors (Lipinski definition) is 2. The van der Waals surface area contributed by atoms with E-state index in [9.17, 15) is 0 Å². The number of ether oxygens (including phenoxy) is 1. The average Bonchev–Trinajstić information content (AvgIpc) is 2.93. The molecule has 0 spiro atoms. The van der Waals surface area contributed by atoms with E-state index in [1.54, 1.807) is 25.6 Å². The number of hydrogen-bond acceptors (Lipinski definition) is 4. The molecule has 0 bridgehead atoms. The first-order chi connectivity index (χ1) is 10.1. The molecule has 2 aromatic rings. The molecule has 1 aromatic carbocycles. The Bertz CT molecular complexity index is 645. The molecule has 0 atom stereocenters. The molecule has 0 aliphatic rings. The lowest BCUT2D eigenvalue weighted by Gasteiger charge is -2.08. The van der Waals surface area contributed by atoms with Crippen molar-refractivity contribution in [2.75, 3.05) is 12.4 Å². The maximum absolute atomic E-state index is 6.04. The summed E-state index contributed by atoms with van der Waals surface area (Å²) < 4.78 is 6.99. The third-order valence-electron chi connectivity index (χ3n) is 2.85. The minimum Gasteiger partial charge on any atom is -0.495 e. The summed E-state index contributed by atoms with van der Waals surface area (Å²) in [6.45, 7) is 3.16. The summed E-state index contributed by atoms with van der Waals surface area (Å²) in [7, 11) is 1.56. The Hall–Kier alpha value is -1.55. The van der Waals surface area contributed by atoms with E-state index in [0.717, 1.165) is 18.1 Å². The zero-order chi connectivity index (χ0) is 15.2. The summed E-state index contributed by atoms with van der Waals surface area (Å²) in [5, 5.41) is 11.3. The molecule has 0 radical (unpaired) electrons. The lowest BCUT2D eigenvalue weighted by molar-refractivity contribution is 0.415. The van der Waals surface area contributed by atoms with Crippen molar-refractivity contribution in [3.8, 4) is 5.75 Å². The van der Waals surface area contributed by atoms with Crippen LogP contribution in [0.4, 0.5) is 5.69 Å². The van der Waals surface area contributed by atoms with E-state index in [2.05, 4.69) is 20.5 Å². The monoisotopic (exact) mass is 436 g/mol. The van der Waals surface area contributed by atoms with E-state index < -0.39 is 0 Å². The molecule has 0 fully saturated rings. The molecule has 0 amide bonds. The smallest absolute Gasteiger partial charge is 0.193 e. The summed E-state index contributed by atoms with van der Waals surface area (Å²) in [6.07, 6.45) is 1.66. The Kier molecular flexibility index (Phi) is 7.39. The zero-order valence-corrected chi connectivity index (χ0v) is 15.4. The minimum absolute atomic E-state index is 0. The van der Waals surface area contributed by atoms with Crippen molar-refractivity contribution in [1.82, 2.24) is 14.8 Å². The number of rotatable bonds is 5. The molecule has 0 aliphatic carbocycles. The third kappa shape index (κ3) is 4.73. The molecule has 0 saturated carbocycles. The fourth-order valence-corrected chi connectivity index (χ4v) is 2.01. The van der Waals surface area contributed by atoms with Crippen molar-refractivity contribution in [3.63, 3.8) is 0 Å². The first-order valence-electron chi connectivity index (χ1n) is 6.41. The fraction of sp³-hybridized carbons (Fsp3) is 0.308. The van der Waals surface area contributed by atoms with Gasteiger partial charge in [0.1, 0.15) is 18.6 Å². The topological polar surface area (TPSA) is 90.4 Å². The van der Waals surface area contributed by atoms with Crippen LogP contribution in [0.1, 0.15) is 12.7 Å². The summed E-state index contributed by atoms with van der Waals surface area (Å²) in [6, 6.07) is 5.28. The first kappa shape index (κ1) is 18.5. The number of anilines is 1. The van der Waals surface area contributed by atoms with Crippen molar-refractivity contribution in [2.24, 2.45) is 10.7 Å². The number of guanidine groups is 1. The van der Waals surface area contributed by atoms with Crippen molar-refractivity contribution < 1.29 is 4.74 Å². The Morgan fingerprint density at radius 2 is 2.27 bits per heavy atom. The van der Waals surface area contributed by atoms with Gasteiger partial charge in [0.25, 0.3) is 0 Å². The van der Waals surface area contributed by atoms with Crippen LogP contribution in [0.3, 0.4) is 0 Å². The standard InChI is InChI=1S/C13H17ClN6O.HI/c1-3-20-8-17-19-12(20)7-16-13(15)18-9-4-5-11(21-2)10(14)6-9;/h4-6,8H,3,7H2,1-2H3,(H3,15,16,18);1H. The van der Waals surface area contributed by atoms with Crippen LogP contribution in [-0.2, 0) is 13.1 Å². The van der Waals surface area contributed by atoms with Gasteiger partial charge in [0.05, 0.1) is 12.1 Å². The zero-order valence-electron chi connectivity index (χ0n) is 12.3. The SMILES string of the molecule is CCn1cnnc1CN=C(N)Nc1ccc(OC)c(Cl)c1.I. The van der Waals surface area contributed by atoms with E-state index in [-0.39, 0.29) is 29.9 Å². The van der Waals surface area contributed by atoms with Crippen LogP contribution in [0.15, 0.2) is 29.5 Å². The van der Waals surface area contributed by atoms with Crippen LogP contribution < -0.4 is 15.8 Å². The highest BCUT2D eigenvalue weighted by molar-refractivity contribution is 14.0. The summed E-state index contributed by atoms with van der Waals surface area (Å²) in [5.41, 5.74) is 6.58. The quantitative estimate of drug-likeness (QED) is 0.427. The van der Waals surface area contributed by atoms with E-state index in [0.29, 0.717) is 17.3 Å². The van der Waals surface area contributed by atoms with E-state index in [1.807, 2.05) is 17.6 Å². The molecule has 1 aromatic heterocycles. The predicted molar refractivity (Wildman–Crippen MR) is 98.1 cm³/mol. The second kappa shape index (κ2) is 8.79. The number of aliphatic imine (C=N–C) groups is 1. The molecule has 0 unspecified atom stereocenters. The molecule has 22 heavy (non-hydrogen) atoms. The maximum atomic E-state index is 6.04. The lowest BCUT2D eigenvalue weighted by Crippen LogP contribution is -2.22. The molecule has 120 valence electrons. The van der Waals surface area contributed by atoms with Crippen LogP contribution >= 0.6 is 35.6 Å². The number of aryl methyl sites for hydroxylation is 1. The molecule has 9 heteroatoms. The van der Waals surface area contributed by atoms with Gasteiger partial charge in [0, 0.05) is 12.2 Å². The van der Waals surface area contributed by atoms with Crippen molar-refractivity contribution in [3.05, 3.63) is 35.4 Å². The minimum atomic E-state index is 0. The van der Waals surface area contributed by atoms with Crippen molar-refractivity contribution in [2.45, 2.75) is 20.0 Å². The van der Waals surface area contributed by atoms with Gasteiger partial charge in [-0.1, -0.05) is 11.6 Å². The van der Waals surface area contributed by atoms with Gasteiger partial charge < -0.3 is 20.4 Å². The second-order valence-electron chi connectivity index (χ2n) is 4.21. The molecule has 0 aliphatic heterocycles. The third-order valence-corrected chi connectivity index (χ3v) is 3.15. The highest BCUT2D eigenvalue weighted by atomic mass is 127. The summed E-state index contributed by atoms with van der Waals surface area (Å²) >= 11 is 6.04. The van der Waals surface area contributed by atoms with Crippen LogP contribution in [0.25, 0.3) is 0 Å². The number of nitrogens with zero attached hydrogens (tertiary/aromatic N) is 4. The Balaban J connectivity index is 0.00000242. The highest BCUT2D eigenvalue weighted by Crippen LogP contribution is 2.26. The van der Waals surface area contributed by atoms with Crippen molar-refractivity contribution in [1.29, 1.82) is 0 Å². The molecule has 7 nitrogen and oxygen atoms in total. The van der Waals surface area contributed by atoms with E-state index in [1.165, 1.54) is 0 Å². The molecule has 1 heterocycles. The van der Waals surface area contributed by atoms with Gasteiger partial charge in [0.15, 0.2) is 11.8 Å². The Morgan fingerprint density at radius 1 is 1.50 bits per heavy atom. The molecular formula is C13H18ClIN6O. The number of nitrogens with two attached hydrogens (primary N) is 1. The molecular weight excluding hydrogens is 419 g/mol. The van der Waals surface area contributed by atoms with Gasteiger partial charge in [0.2, 0.25) is 0 Å². The Morgan fingerprint density at radius 3 is 2.91 bits per heavy atom. The molecule has 2 rings (SSSR count). The van der Waals surface area contributed by atoms with Crippen molar-refractivity contribution >= 4 is 47.2 Å². The fourth-order valence-electron chi connectivity index (χ4n) is 1.75. The Labute approximate surface area is 150 Å². The highest BCUT2D eigenvalue weighted by Gasteiger charge is 2.04. The number of methoxy groups -OCH3 is 1. The second-order valence-corrected chi connectivity index (χ2v) is 4.62. The number of halogens is 2. The van der Waals surface area contributed by atoms with Gasteiger partial charge in [-0.2, -0.15) is 0 Å². The van der Waals surface area contributed by atoms with Crippen LogP contribution in [0.5, 0.6) is 5.75 Å².